The molecule has 23 heavy (non-hydrogen) atoms. The molecule has 0 saturated carbocycles. The van der Waals surface area contributed by atoms with Crippen LogP contribution in [-0.2, 0) is 0 Å². The number of amides is 1. The zero-order valence-electron chi connectivity index (χ0n) is 12.3. The van der Waals surface area contributed by atoms with Crippen LogP contribution in [0.3, 0.4) is 0 Å². The van der Waals surface area contributed by atoms with Crippen molar-refractivity contribution in [2.45, 2.75) is 6.92 Å². The molecule has 1 aromatic heterocycles. The second-order valence-corrected chi connectivity index (χ2v) is 6.21. The number of carbonyl (C=O) groups excluding carboxylic acids is 1. The molecule has 0 spiro atoms. The van der Waals surface area contributed by atoms with Gasteiger partial charge in [-0.05, 0) is 65.9 Å². The molecule has 0 atom stereocenters. The maximum Gasteiger partial charge on any atom is 0.259 e. The highest BCUT2D eigenvalue weighted by Gasteiger charge is 2.16. The van der Waals surface area contributed by atoms with Crippen molar-refractivity contribution >= 4 is 34.2 Å². The van der Waals surface area contributed by atoms with E-state index in [1.807, 2.05) is 24.3 Å². The lowest BCUT2D eigenvalue weighted by molar-refractivity contribution is 0.102. The lowest BCUT2D eigenvalue weighted by Gasteiger charge is -2.07. The summed E-state index contributed by atoms with van der Waals surface area (Å²) in [4.78, 5) is 12.4. The number of anilines is 1. The van der Waals surface area contributed by atoms with Crippen LogP contribution in [0.5, 0.6) is 0 Å². The van der Waals surface area contributed by atoms with Crippen LogP contribution in [0, 0.1) is 16.3 Å². The summed E-state index contributed by atoms with van der Waals surface area (Å²) in [5.74, 6) is -0.658. The fourth-order valence-electron chi connectivity index (χ4n) is 2.23. The molecule has 116 valence electrons. The second kappa shape index (κ2) is 6.49. The Kier molecular flexibility index (Phi) is 4.42. The van der Waals surface area contributed by atoms with Crippen molar-refractivity contribution < 1.29 is 9.18 Å². The lowest BCUT2D eigenvalue weighted by Crippen LogP contribution is -2.13. The first-order chi connectivity index (χ1) is 11.1. The van der Waals surface area contributed by atoms with E-state index in [1.165, 1.54) is 16.9 Å². The highest BCUT2D eigenvalue weighted by molar-refractivity contribution is 14.1. The van der Waals surface area contributed by atoms with E-state index in [9.17, 15) is 9.18 Å². The number of nitrogens with one attached hydrogen (secondary N) is 1. The molecule has 1 N–H and O–H groups in total. The number of hydrogen-bond acceptors (Lipinski definition) is 2. The van der Waals surface area contributed by atoms with E-state index in [0.29, 0.717) is 22.6 Å². The van der Waals surface area contributed by atoms with Crippen LogP contribution < -0.4 is 5.32 Å². The predicted octanol–water partition coefficient (Wildman–Crippen LogP) is 4.18. The molecule has 0 unspecified atom stereocenters. The fourth-order valence-corrected chi connectivity index (χ4v) is 2.59. The topological polar surface area (TPSA) is 46.9 Å². The zero-order chi connectivity index (χ0) is 16.4. The van der Waals surface area contributed by atoms with Crippen LogP contribution in [0.15, 0.2) is 54.7 Å². The Hall–Kier alpha value is -2.22. The maximum absolute atomic E-state index is 13.9. The van der Waals surface area contributed by atoms with Gasteiger partial charge in [0, 0.05) is 9.26 Å². The van der Waals surface area contributed by atoms with E-state index in [2.05, 4.69) is 33.0 Å². The molecule has 2 aromatic carbocycles. The molecule has 1 amide bonds. The van der Waals surface area contributed by atoms with Crippen molar-refractivity contribution in [3.8, 4) is 5.69 Å². The third-order valence-corrected chi connectivity index (χ3v) is 4.16. The molecule has 0 bridgehead atoms. The summed E-state index contributed by atoms with van der Waals surface area (Å²) in [5, 5.41) is 6.95. The number of hydrogen-bond donors (Lipinski definition) is 1. The number of carbonyl (C=O) groups is 1. The van der Waals surface area contributed by atoms with E-state index in [1.54, 1.807) is 25.1 Å². The van der Waals surface area contributed by atoms with Gasteiger partial charge in [-0.15, -0.1) is 0 Å². The third kappa shape index (κ3) is 3.26. The summed E-state index contributed by atoms with van der Waals surface area (Å²) in [6.07, 6.45) is 1.45. The van der Waals surface area contributed by atoms with Crippen molar-refractivity contribution in [2.75, 3.05) is 5.32 Å². The van der Waals surface area contributed by atoms with Crippen LogP contribution in [0.25, 0.3) is 5.69 Å². The Morgan fingerprint density at radius 3 is 2.57 bits per heavy atom. The first-order valence-corrected chi connectivity index (χ1v) is 8.00. The van der Waals surface area contributed by atoms with Gasteiger partial charge in [0.15, 0.2) is 0 Å². The van der Waals surface area contributed by atoms with Gasteiger partial charge in [0.25, 0.3) is 5.91 Å². The molecule has 1 heterocycles. The molecule has 4 nitrogen and oxygen atoms in total. The van der Waals surface area contributed by atoms with Gasteiger partial charge in [0.1, 0.15) is 11.5 Å². The monoisotopic (exact) mass is 421 g/mol. The van der Waals surface area contributed by atoms with Crippen LogP contribution in [-0.4, -0.2) is 15.7 Å². The van der Waals surface area contributed by atoms with Gasteiger partial charge in [-0.25, -0.2) is 9.07 Å². The van der Waals surface area contributed by atoms with Crippen molar-refractivity contribution in [3.63, 3.8) is 0 Å². The summed E-state index contributed by atoms with van der Waals surface area (Å²) in [6.45, 7) is 1.74. The highest BCUT2D eigenvalue weighted by atomic mass is 127. The maximum atomic E-state index is 13.9. The second-order valence-electron chi connectivity index (χ2n) is 4.97. The van der Waals surface area contributed by atoms with E-state index in [0.717, 1.165) is 3.57 Å². The molecule has 3 aromatic rings. The normalized spacial score (nSPS) is 10.6. The average molecular weight is 421 g/mol. The highest BCUT2D eigenvalue weighted by Crippen LogP contribution is 2.18. The minimum Gasteiger partial charge on any atom is -0.322 e. The predicted molar refractivity (Wildman–Crippen MR) is 95.4 cm³/mol. The van der Waals surface area contributed by atoms with Crippen molar-refractivity contribution in [1.29, 1.82) is 0 Å². The van der Waals surface area contributed by atoms with Crippen LogP contribution in [0.1, 0.15) is 16.1 Å². The molecule has 3 rings (SSSR count). The van der Waals surface area contributed by atoms with Gasteiger partial charge in [-0.2, -0.15) is 5.10 Å². The van der Waals surface area contributed by atoms with Crippen molar-refractivity contribution in [3.05, 3.63) is 75.4 Å². The number of para-hydroxylation sites is 1. The van der Waals surface area contributed by atoms with Gasteiger partial charge in [0.2, 0.25) is 0 Å². The Labute approximate surface area is 146 Å². The quantitative estimate of drug-likeness (QED) is 0.646. The van der Waals surface area contributed by atoms with E-state index < -0.39 is 0 Å². The van der Waals surface area contributed by atoms with Crippen LogP contribution in [0.4, 0.5) is 10.1 Å². The molecule has 0 aliphatic heterocycles. The smallest absolute Gasteiger partial charge is 0.259 e. The number of benzene rings is 2. The van der Waals surface area contributed by atoms with Gasteiger partial charge < -0.3 is 5.32 Å². The van der Waals surface area contributed by atoms with Gasteiger partial charge in [-0.3, -0.25) is 4.79 Å². The van der Waals surface area contributed by atoms with Crippen LogP contribution >= 0.6 is 22.6 Å². The minimum absolute atomic E-state index is 0.272. The first kappa shape index (κ1) is 15.7. The molecule has 6 heteroatoms. The van der Waals surface area contributed by atoms with Gasteiger partial charge in [0.05, 0.1) is 17.5 Å². The molecule has 0 aliphatic rings. The average Bonchev–Trinajstić information content (AvgIpc) is 2.92. The SMILES string of the molecule is Cc1c(C(=O)Nc2ccc(I)cc2)cnn1-c1ccccc1F. The van der Waals surface area contributed by atoms with Crippen molar-refractivity contribution in [2.24, 2.45) is 0 Å². The van der Waals surface area contributed by atoms with Crippen LogP contribution in [0.2, 0.25) is 0 Å². The molecular weight excluding hydrogens is 408 g/mol. The summed E-state index contributed by atoms with van der Waals surface area (Å²) in [7, 11) is 0. The first-order valence-electron chi connectivity index (χ1n) is 6.92. The summed E-state index contributed by atoms with van der Waals surface area (Å²) in [5.41, 5.74) is 2.01. The molecule has 0 fully saturated rings. The Balaban J connectivity index is 1.88. The molecule has 0 radical (unpaired) electrons. The largest absolute Gasteiger partial charge is 0.322 e. The summed E-state index contributed by atoms with van der Waals surface area (Å²) >= 11 is 2.20. The zero-order valence-corrected chi connectivity index (χ0v) is 14.4. The standard InChI is InChI=1S/C17H13FIN3O/c1-11-14(17(23)21-13-8-6-12(19)7-9-13)10-20-22(11)16-5-3-2-4-15(16)18/h2-10H,1H3,(H,21,23). The van der Waals surface area contributed by atoms with E-state index >= 15 is 0 Å². The molecular formula is C17H13FIN3O. The number of rotatable bonds is 3. The Morgan fingerprint density at radius 1 is 1.17 bits per heavy atom. The number of halogens is 2. The van der Waals surface area contributed by atoms with Gasteiger partial charge >= 0.3 is 0 Å². The van der Waals surface area contributed by atoms with Crippen molar-refractivity contribution in [1.82, 2.24) is 9.78 Å². The molecule has 0 saturated heterocycles. The van der Waals surface area contributed by atoms with Gasteiger partial charge in [-0.1, -0.05) is 12.1 Å². The lowest BCUT2D eigenvalue weighted by atomic mass is 10.2. The van der Waals surface area contributed by atoms with E-state index in [-0.39, 0.29) is 11.7 Å². The third-order valence-electron chi connectivity index (χ3n) is 3.44. The summed E-state index contributed by atoms with van der Waals surface area (Å²) in [6, 6.07) is 13.8. The minimum atomic E-state index is -0.386. The Morgan fingerprint density at radius 2 is 1.87 bits per heavy atom. The summed E-state index contributed by atoms with van der Waals surface area (Å²) < 4.78 is 16.4. The van der Waals surface area contributed by atoms with E-state index in [4.69, 9.17) is 0 Å². The molecule has 0 aliphatic carbocycles. The fraction of sp³-hybridized carbons (Fsp3) is 0.0588. The Bertz CT molecular complexity index is 859. The number of nitrogens with zero attached hydrogens (tertiary/aromatic N) is 2. The number of aromatic nitrogens is 2.